The zero-order chi connectivity index (χ0) is 15.8. The molecule has 0 amide bonds. The molecular weight excluding hydrogens is 280 g/mol. The van der Waals surface area contributed by atoms with Crippen LogP contribution in [-0.2, 0) is 16.0 Å². The number of ether oxygens (including phenoxy) is 3. The Balaban J connectivity index is 1.98. The second kappa shape index (κ2) is 8.08. The van der Waals surface area contributed by atoms with E-state index in [9.17, 15) is 4.79 Å². The summed E-state index contributed by atoms with van der Waals surface area (Å²) in [4.78, 5) is 11.9. The number of hydrogen-bond donors (Lipinski definition) is 0. The lowest BCUT2D eigenvalue weighted by Crippen LogP contribution is -2.25. The third-order valence-corrected chi connectivity index (χ3v) is 3.37. The standard InChI is InChI=1S/C18H20O4/c1-20-16-8-10-17(11-9-16)22-13-15(18(19)21-2)12-14-6-4-3-5-7-14/h3-11,15H,12-13H2,1-2H3. The Morgan fingerprint density at radius 2 is 1.59 bits per heavy atom. The summed E-state index contributed by atoms with van der Waals surface area (Å²) in [7, 11) is 3.01. The molecule has 0 N–H and O–H groups in total. The summed E-state index contributed by atoms with van der Waals surface area (Å²) in [5, 5.41) is 0. The predicted octanol–water partition coefficient (Wildman–Crippen LogP) is 3.11. The smallest absolute Gasteiger partial charge is 0.312 e. The summed E-state index contributed by atoms with van der Waals surface area (Å²) in [6.45, 7) is 0.272. The highest BCUT2D eigenvalue weighted by Gasteiger charge is 2.20. The number of rotatable bonds is 7. The summed E-state index contributed by atoms with van der Waals surface area (Å²) in [6.07, 6.45) is 0.587. The van der Waals surface area contributed by atoms with Crippen LogP contribution >= 0.6 is 0 Å². The highest BCUT2D eigenvalue weighted by molar-refractivity contribution is 5.72. The van der Waals surface area contributed by atoms with E-state index in [1.54, 1.807) is 7.11 Å². The molecule has 0 aliphatic carbocycles. The average molecular weight is 300 g/mol. The molecule has 2 aromatic carbocycles. The van der Waals surface area contributed by atoms with Crippen molar-refractivity contribution in [2.45, 2.75) is 6.42 Å². The third kappa shape index (κ3) is 4.52. The van der Waals surface area contributed by atoms with Crippen molar-refractivity contribution in [1.29, 1.82) is 0 Å². The molecule has 0 aliphatic rings. The van der Waals surface area contributed by atoms with E-state index in [0.29, 0.717) is 12.2 Å². The van der Waals surface area contributed by atoms with Crippen LogP contribution in [0.25, 0.3) is 0 Å². The minimum absolute atomic E-state index is 0.266. The summed E-state index contributed by atoms with van der Waals surface area (Å²) in [5.41, 5.74) is 1.08. The van der Waals surface area contributed by atoms with Gasteiger partial charge in [-0.2, -0.15) is 0 Å². The second-order valence-corrected chi connectivity index (χ2v) is 4.90. The lowest BCUT2D eigenvalue weighted by atomic mass is 10.0. The topological polar surface area (TPSA) is 44.8 Å². The van der Waals surface area contributed by atoms with Crippen molar-refractivity contribution in [2.75, 3.05) is 20.8 Å². The summed E-state index contributed by atoms with van der Waals surface area (Å²) < 4.78 is 15.7. The Hall–Kier alpha value is -2.49. The maximum atomic E-state index is 11.9. The largest absolute Gasteiger partial charge is 0.497 e. The van der Waals surface area contributed by atoms with Crippen LogP contribution in [0.15, 0.2) is 54.6 Å². The lowest BCUT2D eigenvalue weighted by Gasteiger charge is -2.16. The molecule has 2 aromatic rings. The van der Waals surface area contributed by atoms with Crippen molar-refractivity contribution in [3.05, 3.63) is 60.2 Å². The Bertz CT molecular complexity index is 578. The molecule has 0 bridgehead atoms. The molecule has 0 saturated carbocycles. The van der Waals surface area contributed by atoms with Gasteiger partial charge in [0, 0.05) is 0 Å². The van der Waals surface area contributed by atoms with Gasteiger partial charge in [-0.05, 0) is 36.2 Å². The Morgan fingerprint density at radius 1 is 0.955 bits per heavy atom. The maximum Gasteiger partial charge on any atom is 0.312 e. The normalized spacial score (nSPS) is 11.5. The van der Waals surface area contributed by atoms with E-state index in [0.717, 1.165) is 11.3 Å². The van der Waals surface area contributed by atoms with E-state index in [-0.39, 0.29) is 18.5 Å². The predicted molar refractivity (Wildman–Crippen MR) is 84.1 cm³/mol. The zero-order valence-electron chi connectivity index (χ0n) is 12.8. The molecule has 0 aliphatic heterocycles. The van der Waals surface area contributed by atoms with Crippen LogP contribution in [0.2, 0.25) is 0 Å². The molecule has 0 fully saturated rings. The lowest BCUT2D eigenvalue weighted by molar-refractivity contribution is -0.146. The van der Waals surface area contributed by atoms with Gasteiger partial charge in [0.2, 0.25) is 0 Å². The van der Waals surface area contributed by atoms with Gasteiger partial charge in [-0.25, -0.2) is 0 Å². The minimum atomic E-state index is -0.338. The van der Waals surface area contributed by atoms with E-state index in [1.807, 2.05) is 54.6 Å². The van der Waals surface area contributed by atoms with Gasteiger partial charge in [0.1, 0.15) is 18.1 Å². The molecule has 0 spiro atoms. The molecule has 0 heterocycles. The zero-order valence-corrected chi connectivity index (χ0v) is 12.8. The van der Waals surface area contributed by atoms with Crippen LogP contribution in [0.5, 0.6) is 11.5 Å². The quantitative estimate of drug-likeness (QED) is 0.737. The Labute approximate surface area is 130 Å². The monoisotopic (exact) mass is 300 g/mol. The summed E-state index contributed by atoms with van der Waals surface area (Å²) >= 11 is 0. The first-order valence-corrected chi connectivity index (χ1v) is 7.11. The fourth-order valence-electron chi connectivity index (χ4n) is 2.14. The molecule has 1 unspecified atom stereocenters. The molecule has 1 atom stereocenters. The van der Waals surface area contributed by atoms with Crippen LogP contribution in [-0.4, -0.2) is 26.8 Å². The van der Waals surface area contributed by atoms with Crippen molar-refractivity contribution in [3.63, 3.8) is 0 Å². The van der Waals surface area contributed by atoms with Gasteiger partial charge in [-0.15, -0.1) is 0 Å². The van der Waals surface area contributed by atoms with Gasteiger partial charge < -0.3 is 14.2 Å². The van der Waals surface area contributed by atoms with Crippen LogP contribution in [0, 0.1) is 5.92 Å². The van der Waals surface area contributed by atoms with Crippen molar-refractivity contribution in [2.24, 2.45) is 5.92 Å². The van der Waals surface area contributed by atoms with E-state index in [2.05, 4.69) is 0 Å². The molecule has 22 heavy (non-hydrogen) atoms. The second-order valence-electron chi connectivity index (χ2n) is 4.90. The van der Waals surface area contributed by atoms with Crippen LogP contribution in [0.3, 0.4) is 0 Å². The van der Waals surface area contributed by atoms with Crippen LogP contribution in [0.4, 0.5) is 0 Å². The van der Waals surface area contributed by atoms with Crippen LogP contribution in [0.1, 0.15) is 5.56 Å². The Morgan fingerprint density at radius 3 is 2.18 bits per heavy atom. The van der Waals surface area contributed by atoms with Gasteiger partial charge in [-0.3, -0.25) is 4.79 Å². The van der Waals surface area contributed by atoms with E-state index < -0.39 is 0 Å². The van der Waals surface area contributed by atoms with Gasteiger partial charge in [0.15, 0.2) is 0 Å². The molecule has 0 aromatic heterocycles. The van der Waals surface area contributed by atoms with Crippen molar-refractivity contribution >= 4 is 5.97 Å². The molecule has 0 radical (unpaired) electrons. The average Bonchev–Trinajstić information content (AvgIpc) is 2.59. The molecule has 2 rings (SSSR count). The molecule has 116 valence electrons. The number of carbonyl (C=O) groups is 1. The first kappa shape index (κ1) is 15.9. The molecule has 0 saturated heterocycles. The van der Waals surface area contributed by atoms with E-state index in [4.69, 9.17) is 14.2 Å². The van der Waals surface area contributed by atoms with Crippen LogP contribution < -0.4 is 9.47 Å². The van der Waals surface area contributed by atoms with Gasteiger partial charge in [-0.1, -0.05) is 30.3 Å². The fourth-order valence-corrected chi connectivity index (χ4v) is 2.14. The number of esters is 1. The highest BCUT2D eigenvalue weighted by Crippen LogP contribution is 2.19. The number of hydrogen-bond acceptors (Lipinski definition) is 4. The Kier molecular flexibility index (Phi) is 5.83. The third-order valence-electron chi connectivity index (χ3n) is 3.37. The van der Waals surface area contributed by atoms with Crippen molar-refractivity contribution < 1.29 is 19.0 Å². The van der Waals surface area contributed by atoms with Gasteiger partial charge in [0.25, 0.3) is 0 Å². The summed E-state index contributed by atoms with van der Waals surface area (Å²) in [5.74, 6) is 0.857. The highest BCUT2D eigenvalue weighted by atomic mass is 16.5. The van der Waals surface area contributed by atoms with Gasteiger partial charge >= 0.3 is 5.97 Å². The first-order valence-electron chi connectivity index (χ1n) is 7.11. The first-order chi connectivity index (χ1) is 10.7. The molecular formula is C18H20O4. The summed E-state index contributed by atoms with van der Waals surface area (Å²) in [6, 6.07) is 17.1. The van der Waals surface area contributed by atoms with E-state index in [1.165, 1.54) is 7.11 Å². The van der Waals surface area contributed by atoms with Gasteiger partial charge in [0.05, 0.1) is 20.1 Å². The maximum absolute atomic E-state index is 11.9. The number of carbonyl (C=O) groups excluding carboxylic acids is 1. The number of methoxy groups -OCH3 is 2. The van der Waals surface area contributed by atoms with Crippen molar-refractivity contribution in [1.82, 2.24) is 0 Å². The SMILES string of the molecule is COC(=O)C(COc1ccc(OC)cc1)Cc1ccccc1. The molecule has 4 nitrogen and oxygen atoms in total. The molecule has 4 heteroatoms. The number of benzene rings is 2. The van der Waals surface area contributed by atoms with Crippen molar-refractivity contribution in [3.8, 4) is 11.5 Å². The fraction of sp³-hybridized carbons (Fsp3) is 0.278. The van der Waals surface area contributed by atoms with E-state index >= 15 is 0 Å². The minimum Gasteiger partial charge on any atom is -0.497 e.